The maximum atomic E-state index is 11.3. The Hall–Kier alpha value is -2.06. The molecule has 0 aliphatic rings. The van der Waals surface area contributed by atoms with Crippen molar-refractivity contribution in [1.82, 2.24) is 5.32 Å². The molecule has 0 saturated carbocycles. The molecule has 0 aliphatic carbocycles. The molecule has 0 saturated heterocycles. The molecule has 0 atom stereocenters. The van der Waals surface area contributed by atoms with Crippen LogP contribution in [0.3, 0.4) is 0 Å². The zero-order chi connectivity index (χ0) is 12.0. The van der Waals surface area contributed by atoms with Gasteiger partial charge in [0.15, 0.2) is 0 Å². The van der Waals surface area contributed by atoms with E-state index in [1.165, 1.54) is 6.07 Å². The largest absolute Gasteiger partial charge is 0.335 e. The molecule has 1 rings (SSSR count). The first-order chi connectivity index (χ1) is 7.63. The number of amides is 2. The highest BCUT2D eigenvalue weighted by atomic mass is 35.5. The molecule has 5 nitrogen and oxygen atoms in total. The van der Waals surface area contributed by atoms with E-state index in [1.807, 2.05) is 0 Å². The maximum Gasteiger partial charge on any atom is 0.313 e. The summed E-state index contributed by atoms with van der Waals surface area (Å²) in [5, 5.41) is 13.1. The molecule has 2 amide bonds. The molecule has 1 aromatic rings. The fraction of sp³-hybridized carbons (Fsp3) is 0.100. The number of halogens is 1. The minimum absolute atomic E-state index is 0.207. The molecular formula is C10H8ClN3O2. The van der Waals surface area contributed by atoms with Crippen molar-refractivity contribution < 1.29 is 9.59 Å². The highest BCUT2D eigenvalue weighted by molar-refractivity contribution is 6.39. The van der Waals surface area contributed by atoms with Gasteiger partial charge in [0.05, 0.1) is 6.07 Å². The average Bonchev–Trinajstić information content (AvgIpc) is 2.25. The maximum absolute atomic E-state index is 11.3. The number of carbonyl (C=O) groups is 2. The van der Waals surface area contributed by atoms with E-state index in [4.69, 9.17) is 16.9 Å². The van der Waals surface area contributed by atoms with Crippen molar-refractivity contribution in [3.63, 3.8) is 0 Å². The number of hydrogen-bond acceptors (Lipinski definition) is 3. The van der Waals surface area contributed by atoms with Crippen molar-refractivity contribution >= 4 is 29.1 Å². The van der Waals surface area contributed by atoms with Gasteiger partial charge in [0.1, 0.15) is 6.54 Å². The van der Waals surface area contributed by atoms with E-state index in [0.717, 1.165) is 0 Å². The first-order valence-electron chi connectivity index (χ1n) is 4.35. The van der Waals surface area contributed by atoms with Gasteiger partial charge in [-0.15, -0.1) is 0 Å². The molecule has 16 heavy (non-hydrogen) atoms. The molecule has 0 fully saturated rings. The Labute approximate surface area is 97.0 Å². The van der Waals surface area contributed by atoms with Crippen LogP contribution in [0.1, 0.15) is 0 Å². The van der Waals surface area contributed by atoms with E-state index in [0.29, 0.717) is 10.7 Å². The lowest BCUT2D eigenvalue weighted by Crippen LogP contribution is -2.35. The zero-order valence-electron chi connectivity index (χ0n) is 8.16. The molecule has 82 valence electrons. The van der Waals surface area contributed by atoms with Crippen LogP contribution in [0.4, 0.5) is 5.69 Å². The van der Waals surface area contributed by atoms with E-state index in [9.17, 15) is 9.59 Å². The van der Waals surface area contributed by atoms with Crippen molar-refractivity contribution in [2.75, 3.05) is 11.9 Å². The lowest BCUT2D eigenvalue weighted by Gasteiger charge is -2.04. The van der Waals surface area contributed by atoms with E-state index < -0.39 is 11.8 Å². The molecule has 0 aromatic heterocycles. The molecule has 0 radical (unpaired) electrons. The number of benzene rings is 1. The van der Waals surface area contributed by atoms with Crippen molar-refractivity contribution in [1.29, 1.82) is 5.26 Å². The molecule has 0 aliphatic heterocycles. The van der Waals surface area contributed by atoms with Crippen LogP contribution in [0.15, 0.2) is 24.3 Å². The van der Waals surface area contributed by atoms with Gasteiger partial charge in [-0.05, 0) is 18.2 Å². The molecule has 0 spiro atoms. The summed E-state index contributed by atoms with van der Waals surface area (Å²) < 4.78 is 0. The lowest BCUT2D eigenvalue weighted by molar-refractivity contribution is -0.136. The van der Waals surface area contributed by atoms with E-state index >= 15 is 0 Å². The summed E-state index contributed by atoms with van der Waals surface area (Å²) in [5.74, 6) is -1.70. The molecular weight excluding hydrogens is 230 g/mol. The van der Waals surface area contributed by atoms with Crippen molar-refractivity contribution in [2.45, 2.75) is 0 Å². The van der Waals surface area contributed by atoms with Gasteiger partial charge in [-0.1, -0.05) is 17.7 Å². The number of rotatable bonds is 2. The summed E-state index contributed by atoms with van der Waals surface area (Å²) >= 11 is 5.70. The van der Waals surface area contributed by atoms with Crippen molar-refractivity contribution in [3.05, 3.63) is 29.3 Å². The highest BCUT2D eigenvalue weighted by Crippen LogP contribution is 2.14. The van der Waals surface area contributed by atoms with Crippen LogP contribution in [0.25, 0.3) is 0 Å². The lowest BCUT2D eigenvalue weighted by atomic mass is 10.3. The predicted octanol–water partition coefficient (Wildman–Crippen LogP) is 0.918. The molecule has 0 bridgehead atoms. The Bertz CT molecular complexity index is 454. The summed E-state index contributed by atoms with van der Waals surface area (Å²) in [4.78, 5) is 22.3. The van der Waals surface area contributed by atoms with Gasteiger partial charge in [-0.2, -0.15) is 5.26 Å². The molecule has 2 N–H and O–H groups in total. The third kappa shape index (κ3) is 3.59. The summed E-state index contributed by atoms with van der Waals surface area (Å²) in [6.45, 7) is -0.207. The third-order valence-electron chi connectivity index (χ3n) is 1.62. The Balaban J connectivity index is 2.58. The summed E-state index contributed by atoms with van der Waals surface area (Å²) in [7, 11) is 0. The second kappa shape index (κ2) is 5.73. The van der Waals surface area contributed by atoms with Gasteiger partial charge in [0.2, 0.25) is 0 Å². The number of nitrogens with zero attached hydrogens (tertiary/aromatic N) is 1. The monoisotopic (exact) mass is 237 g/mol. The number of hydrogen-bond donors (Lipinski definition) is 2. The first-order valence-corrected chi connectivity index (χ1v) is 4.73. The number of nitriles is 1. The van der Waals surface area contributed by atoms with Crippen LogP contribution in [-0.4, -0.2) is 18.4 Å². The van der Waals surface area contributed by atoms with Gasteiger partial charge in [0.25, 0.3) is 0 Å². The molecule has 6 heteroatoms. The normalized spacial score (nSPS) is 9.00. The molecule has 1 aromatic carbocycles. The number of nitrogens with one attached hydrogen (secondary N) is 2. The summed E-state index contributed by atoms with van der Waals surface area (Å²) in [6, 6.07) is 8.09. The topological polar surface area (TPSA) is 82.0 Å². The first kappa shape index (κ1) is 12.0. The van der Waals surface area contributed by atoms with Crippen molar-refractivity contribution in [2.24, 2.45) is 0 Å². The Morgan fingerprint density at radius 3 is 2.75 bits per heavy atom. The Morgan fingerprint density at radius 2 is 2.12 bits per heavy atom. The van der Waals surface area contributed by atoms with Gasteiger partial charge >= 0.3 is 11.8 Å². The third-order valence-corrected chi connectivity index (χ3v) is 1.85. The Kier molecular flexibility index (Phi) is 4.30. The van der Waals surface area contributed by atoms with Crippen LogP contribution in [-0.2, 0) is 9.59 Å². The predicted molar refractivity (Wildman–Crippen MR) is 58.7 cm³/mol. The van der Waals surface area contributed by atoms with Crippen LogP contribution < -0.4 is 10.6 Å². The zero-order valence-corrected chi connectivity index (χ0v) is 8.91. The SMILES string of the molecule is N#CCNC(=O)C(=O)Nc1cccc(Cl)c1. The highest BCUT2D eigenvalue weighted by Gasteiger charge is 2.12. The quantitative estimate of drug-likeness (QED) is 0.593. The van der Waals surface area contributed by atoms with Gasteiger partial charge < -0.3 is 10.6 Å². The summed E-state index contributed by atoms with van der Waals surface area (Å²) in [6.07, 6.45) is 0. The fourth-order valence-electron chi connectivity index (χ4n) is 0.954. The van der Waals surface area contributed by atoms with Crippen molar-refractivity contribution in [3.8, 4) is 6.07 Å². The minimum Gasteiger partial charge on any atom is -0.335 e. The van der Waals surface area contributed by atoms with Crippen LogP contribution in [0, 0.1) is 11.3 Å². The van der Waals surface area contributed by atoms with E-state index in [1.54, 1.807) is 24.3 Å². The smallest absolute Gasteiger partial charge is 0.313 e. The van der Waals surface area contributed by atoms with E-state index in [-0.39, 0.29) is 6.54 Å². The number of anilines is 1. The van der Waals surface area contributed by atoms with Gasteiger partial charge in [-0.25, -0.2) is 0 Å². The average molecular weight is 238 g/mol. The summed E-state index contributed by atoms with van der Waals surface area (Å²) in [5.41, 5.74) is 0.421. The second-order valence-electron chi connectivity index (χ2n) is 2.81. The molecule has 0 heterocycles. The van der Waals surface area contributed by atoms with Crippen LogP contribution in [0.5, 0.6) is 0 Å². The van der Waals surface area contributed by atoms with E-state index in [2.05, 4.69) is 10.6 Å². The second-order valence-corrected chi connectivity index (χ2v) is 3.24. The van der Waals surface area contributed by atoms with Crippen LogP contribution in [0.2, 0.25) is 5.02 Å². The fourth-order valence-corrected chi connectivity index (χ4v) is 1.14. The standard InChI is InChI=1S/C10H8ClN3O2/c11-7-2-1-3-8(6-7)14-10(16)9(15)13-5-4-12/h1-3,6H,5H2,(H,13,15)(H,14,16). The minimum atomic E-state index is -0.860. The van der Waals surface area contributed by atoms with Gasteiger partial charge in [0, 0.05) is 10.7 Å². The Morgan fingerprint density at radius 1 is 1.38 bits per heavy atom. The molecule has 0 unspecified atom stereocenters. The van der Waals surface area contributed by atoms with Crippen LogP contribution >= 0.6 is 11.6 Å². The van der Waals surface area contributed by atoms with Gasteiger partial charge in [-0.3, -0.25) is 9.59 Å². The number of carbonyl (C=O) groups excluding carboxylic acids is 2.